The van der Waals surface area contributed by atoms with Crippen LogP contribution in [0.1, 0.15) is 25.8 Å². The molecule has 1 radical (unpaired) electrons. The van der Waals surface area contributed by atoms with Crippen LogP contribution in [0.2, 0.25) is 0 Å². The highest BCUT2D eigenvalue weighted by atomic mass is 16.5. The van der Waals surface area contributed by atoms with E-state index in [2.05, 4.69) is 5.32 Å². The van der Waals surface area contributed by atoms with Crippen molar-refractivity contribution in [3.8, 4) is 0 Å². The predicted molar refractivity (Wildman–Crippen MR) is 80.4 cm³/mol. The molecule has 0 fully saturated rings. The van der Waals surface area contributed by atoms with Crippen molar-refractivity contribution in [3.63, 3.8) is 0 Å². The van der Waals surface area contributed by atoms with Crippen molar-refractivity contribution in [3.05, 3.63) is 35.9 Å². The monoisotopic (exact) mass is 291 g/mol. The first-order valence-corrected chi connectivity index (χ1v) is 7.07. The molecule has 0 aliphatic heterocycles. The summed E-state index contributed by atoms with van der Waals surface area (Å²) in [6.45, 7) is 3.91. The van der Waals surface area contributed by atoms with Crippen LogP contribution in [0.4, 0.5) is 0 Å². The van der Waals surface area contributed by atoms with Gasteiger partial charge < -0.3 is 10.1 Å². The highest BCUT2D eigenvalue weighted by Gasteiger charge is 2.25. The van der Waals surface area contributed by atoms with Crippen LogP contribution in [0.3, 0.4) is 0 Å². The van der Waals surface area contributed by atoms with E-state index in [0.29, 0.717) is 12.8 Å². The molecule has 115 valence electrons. The Morgan fingerprint density at radius 1 is 1.24 bits per heavy atom. The Kier molecular flexibility index (Phi) is 6.88. The number of methoxy groups -OCH3 is 1. The smallest absolute Gasteiger partial charge is 0.328 e. The predicted octanol–water partition coefficient (Wildman–Crippen LogP) is 1.58. The van der Waals surface area contributed by atoms with Gasteiger partial charge in [-0.1, -0.05) is 44.2 Å². The zero-order valence-electron chi connectivity index (χ0n) is 12.8. The fraction of sp³-hybridized carbons (Fsp3) is 0.500. The number of amides is 1. The van der Waals surface area contributed by atoms with E-state index in [-0.39, 0.29) is 5.92 Å². The first-order valence-electron chi connectivity index (χ1n) is 7.07. The van der Waals surface area contributed by atoms with Crippen LogP contribution in [0.15, 0.2) is 30.3 Å². The number of ether oxygens (including phenoxy) is 1. The summed E-state index contributed by atoms with van der Waals surface area (Å²) in [4.78, 5) is 23.8. The van der Waals surface area contributed by atoms with Crippen LogP contribution in [-0.4, -0.2) is 31.1 Å². The minimum absolute atomic E-state index is 0.254. The summed E-state index contributed by atoms with van der Waals surface area (Å²) in [7, 11) is 1.29. The lowest BCUT2D eigenvalue weighted by atomic mass is 10.0. The lowest BCUT2D eigenvalue weighted by molar-refractivity contribution is -0.145. The van der Waals surface area contributed by atoms with E-state index in [1.54, 1.807) is 0 Å². The largest absolute Gasteiger partial charge is 0.467 e. The van der Waals surface area contributed by atoms with Crippen LogP contribution >= 0.6 is 0 Å². The molecule has 0 saturated carbocycles. The maximum atomic E-state index is 12.0. The highest BCUT2D eigenvalue weighted by Crippen LogP contribution is 2.07. The summed E-state index contributed by atoms with van der Waals surface area (Å²) in [6.07, 6.45) is 0.818. The third-order valence-corrected chi connectivity index (χ3v) is 3.11. The van der Waals surface area contributed by atoms with Crippen molar-refractivity contribution in [2.75, 3.05) is 7.11 Å². The molecule has 0 saturated heterocycles. The molecule has 0 aromatic heterocycles. The van der Waals surface area contributed by atoms with Gasteiger partial charge in [0, 0.05) is 6.42 Å². The van der Waals surface area contributed by atoms with Crippen LogP contribution < -0.4 is 11.1 Å². The summed E-state index contributed by atoms with van der Waals surface area (Å²) in [5.74, 6) is -0.678. The average Bonchev–Trinajstić information content (AvgIpc) is 2.46. The zero-order valence-corrected chi connectivity index (χ0v) is 12.8. The molecule has 2 atom stereocenters. The Morgan fingerprint density at radius 3 is 2.38 bits per heavy atom. The van der Waals surface area contributed by atoms with E-state index in [4.69, 9.17) is 10.5 Å². The molecule has 0 spiro atoms. The summed E-state index contributed by atoms with van der Waals surface area (Å²) in [5, 5.41) is 2.62. The molecule has 0 bridgehead atoms. The number of hydrogen-bond acceptors (Lipinski definition) is 3. The molecule has 5 heteroatoms. The number of esters is 1. The molecule has 0 aliphatic carbocycles. The van der Waals surface area contributed by atoms with Gasteiger partial charge in [0.25, 0.3) is 0 Å². The SMILES string of the molecule is COC(=O)[C@H](Cc1ccccc1)NC(=O)[C@@H]([NH])CC(C)C. The Labute approximate surface area is 125 Å². The maximum absolute atomic E-state index is 12.0. The normalized spacial score (nSPS) is 13.6. The third-order valence-electron chi connectivity index (χ3n) is 3.11. The van der Waals surface area contributed by atoms with Crippen molar-refractivity contribution in [1.82, 2.24) is 11.1 Å². The van der Waals surface area contributed by atoms with E-state index in [9.17, 15) is 9.59 Å². The zero-order chi connectivity index (χ0) is 15.8. The number of carbonyl (C=O) groups is 2. The number of nitrogens with one attached hydrogen (secondary N) is 2. The van der Waals surface area contributed by atoms with Crippen molar-refractivity contribution in [2.45, 2.75) is 38.8 Å². The highest BCUT2D eigenvalue weighted by molar-refractivity contribution is 5.87. The van der Waals surface area contributed by atoms with Gasteiger partial charge in [-0.2, -0.15) is 0 Å². The molecule has 1 aromatic carbocycles. The van der Waals surface area contributed by atoms with E-state index in [1.165, 1.54) is 7.11 Å². The van der Waals surface area contributed by atoms with Gasteiger partial charge in [0.05, 0.1) is 7.11 Å². The second-order valence-corrected chi connectivity index (χ2v) is 5.46. The fourth-order valence-corrected chi connectivity index (χ4v) is 2.04. The van der Waals surface area contributed by atoms with Crippen molar-refractivity contribution < 1.29 is 14.3 Å². The summed E-state index contributed by atoms with van der Waals surface area (Å²) in [5.41, 5.74) is 8.74. The van der Waals surface area contributed by atoms with E-state index < -0.39 is 24.0 Å². The van der Waals surface area contributed by atoms with Gasteiger partial charge in [-0.15, -0.1) is 0 Å². The number of rotatable bonds is 7. The molecule has 1 amide bonds. The van der Waals surface area contributed by atoms with Gasteiger partial charge in [-0.05, 0) is 17.9 Å². The molecule has 21 heavy (non-hydrogen) atoms. The van der Waals surface area contributed by atoms with Gasteiger partial charge in [0.15, 0.2) is 0 Å². The molecule has 0 aliphatic rings. The Bertz CT molecular complexity index is 460. The van der Waals surface area contributed by atoms with Crippen LogP contribution in [0, 0.1) is 5.92 Å². The van der Waals surface area contributed by atoms with Gasteiger partial charge in [0.1, 0.15) is 12.1 Å². The van der Waals surface area contributed by atoms with Gasteiger partial charge in [-0.25, -0.2) is 10.5 Å². The van der Waals surface area contributed by atoms with E-state index in [0.717, 1.165) is 5.56 Å². The van der Waals surface area contributed by atoms with Gasteiger partial charge >= 0.3 is 5.97 Å². The maximum Gasteiger partial charge on any atom is 0.328 e. The molecular formula is C16H23N2O3. The molecule has 2 N–H and O–H groups in total. The topological polar surface area (TPSA) is 79.2 Å². The fourth-order valence-electron chi connectivity index (χ4n) is 2.04. The second-order valence-electron chi connectivity index (χ2n) is 5.46. The molecule has 1 rings (SSSR count). The quantitative estimate of drug-likeness (QED) is 0.775. The van der Waals surface area contributed by atoms with Crippen LogP contribution in [0.25, 0.3) is 0 Å². The molecule has 0 unspecified atom stereocenters. The lowest BCUT2D eigenvalue weighted by Crippen LogP contribution is -2.47. The standard InChI is InChI=1S/C16H23N2O3/c1-11(2)9-13(17)15(19)18-14(16(20)21-3)10-12-7-5-4-6-8-12/h4-8,11,13-14,17H,9-10H2,1-3H3,(H,18,19)/t13-,14-/m0/s1. The Balaban J connectivity index is 2.70. The average molecular weight is 291 g/mol. The van der Waals surface area contributed by atoms with E-state index in [1.807, 2.05) is 44.2 Å². The Hall–Kier alpha value is -1.88. The minimum Gasteiger partial charge on any atom is -0.467 e. The van der Waals surface area contributed by atoms with Crippen molar-refractivity contribution >= 4 is 11.9 Å². The molecule has 5 nitrogen and oxygen atoms in total. The number of carbonyl (C=O) groups excluding carboxylic acids is 2. The van der Waals surface area contributed by atoms with Crippen LogP contribution in [-0.2, 0) is 20.7 Å². The van der Waals surface area contributed by atoms with Crippen molar-refractivity contribution in [2.24, 2.45) is 5.92 Å². The minimum atomic E-state index is -0.868. The summed E-state index contributed by atoms with van der Waals surface area (Å²) in [6, 6.07) is 7.77. The van der Waals surface area contributed by atoms with Crippen LogP contribution in [0.5, 0.6) is 0 Å². The van der Waals surface area contributed by atoms with Crippen molar-refractivity contribution in [1.29, 1.82) is 0 Å². The molecule has 0 heterocycles. The second kappa shape index (κ2) is 8.42. The summed E-state index contributed by atoms with van der Waals surface area (Å²) < 4.78 is 4.73. The number of hydrogen-bond donors (Lipinski definition) is 1. The Morgan fingerprint density at radius 2 is 1.86 bits per heavy atom. The van der Waals surface area contributed by atoms with Gasteiger partial charge in [0.2, 0.25) is 5.91 Å². The lowest BCUT2D eigenvalue weighted by Gasteiger charge is -2.19. The third kappa shape index (κ3) is 5.95. The first kappa shape index (κ1) is 17.2. The van der Waals surface area contributed by atoms with Gasteiger partial charge in [-0.3, -0.25) is 4.79 Å². The molecular weight excluding hydrogens is 268 g/mol. The first-order chi connectivity index (χ1) is 9.93. The number of benzene rings is 1. The summed E-state index contributed by atoms with van der Waals surface area (Å²) >= 11 is 0. The van der Waals surface area contributed by atoms with E-state index >= 15 is 0 Å². The molecule has 1 aromatic rings.